The van der Waals surface area contributed by atoms with Crippen molar-refractivity contribution in [2.45, 2.75) is 52.1 Å². The van der Waals surface area contributed by atoms with Gasteiger partial charge in [-0.15, -0.1) is 0 Å². The Hall–Kier alpha value is -2.57. The Balaban J connectivity index is 1.49. The number of nitrogens with zero attached hydrogens (tertiary/aromatic N) is 3. The summed E-state index contributed by atoms with van der Waals surface area (Å²) in [4.78, 5) is 31.7. The molecule has 2 amide bonds. The Morgan fingerprint density at radius 1 is 1.32 bits per heavy atom. The van der Waals surface area contributed by atoms with Crippen LogP contribution in [0.3, 0.4) is 0 Å². The normalized spacial score (nSPS) is 21.0. The molecule has 1 N–H and O–H groups in total. The summed E-state index contributed by atoms with van der Waals surface area (Å²) in [6.45, 7) is 5.59. The van der Waals surface area contributed by atoms with Gasteiger partial charge in [0.05, 0.1) is 18.8 Å². The summed E-state index contributed by atoms with van der Waals surface area (Å²) >= 11 is 0. The molecule has 7 nitrogen and oxygen atoms in total. The van der Waals surface area contributed by atoms with Gasteiger partial charge < -0.3 is 19.2 Å². The van der Waals surface area contributed by atoms with E-state index in [0.717, 1.165) is 25.7 Å². The van der Waals surface area contributed by atoms with Crippen LogP contribution in [-0.2, 0) is 11.3 Å². The van der Waals surface area contributed by atoms with Crippen LogP contribution in [-0.4, -0.2) is 45.4 Å². The number of likely N-dealkylation sites (tertiary alicyclic amines) is 1. The van der Waals surface area contributed by atoms with E-state index in [-0.39, 0.29) is 29.2 Å². The molecule has 7 heteroatoms. The predicted molar refractivity (Wildman–Crippen MR) is 104 cm³/mol. The SMILES string of the molecule is CC(C)NC(=O)C1CN(C(=O)c2ccc(Cn3ccnc3)o2)CC12CCCC2. The minimum absolute atomic E-state index is 0.0763. The van der Waals surface area contributed by atoms with Crippen LogP contribution in [0.5, 0.6) is 0 Å². The van der Waals surface area contributed by atoms with Crippen LogP contribution in [0.2, 0.25) is 0 Å². The molecule has 28 heavy (non-hydrogen) atoms. The van der Waals surface area contributed by atoms with Crippen LogP contribution in [0.25, 0.3) is 0 Å². The zero-order valence-electron chi connectivity index (χ0n) is 16.6. The number of nitrogens with one attached hydrogen (secondary N) is 1. The van der Waals surface area contributed by atoms with Gasteiger partial charge in [-0.3, -0.25) is 9.59 Å². The topological polar surface area (TPSA) is 80.4 Å². The molecular formula is C21H28N4O3. The summed E-state index contributed by atoms with van der Waals surface area (Å²) in [7, 11) is 0. The molecule has 4 rings (SSSR count). The lowest BCUT2D eigenvalue weighted by atomic mass is 9.76. The van der Waals surface area contributed by atoms with Crippen molar-refractivity contribution in [2.75, 3.05) is 13.1 Å². The fraction of sp³-hybridized carbons (Fsp3) is 0.571. The highest BCUT2D eigenvalue weighted by Gasteiger charge is 2.52. The van der Waals surface area contributed by atoms with Crippen LogP contribution in [0, 0.1) is 11.3 Å². The first-order chi connectivity index (χ1) is 13.5. The first-order valence-electron chi connectivity index (χ1n) is 10.1. The predicted octanol–water partition coefficient (Wildman–Crippen LogP) is 2.68. The van der Waals surface area contributed by atoms with E-state index in [0.29, 0.717) is 31.2 Å². The van der Waals surface area contributed by atoms with E-state index in [1.165, 1.54) is 0 Å². The standard InChI is InChI=1S/C21H28N4O3/c1-15(2)23-19(26)17-12-25(13-21(17)7-3-4-8-21)20(27)18-6-5-16(28-18)11-24-10-9-22-14-24/h5-6,9-10,14-15,17H,3-4,7-8,11-13H2,1-2H3,(H,23,26). The highest BCUT2D eigenvalue weighted by atomic mass is 16.4. The second-order valence-electron chi connectivity index (χ2n) is 8.47. The van der Waals surface area contributed by atoms with Crippen LogP contribution < -0.4 is 5.32 Å². The maximum Gasteiger partial charge on any atom is 0.289 e. The molecule has 150 valence electrons. The summed E-state index contributed by atoms with van der Waals surface area (Å²) in [6, 6.07) is 3.67. The summed E-state index contributed by atoms with van der Waals surface area (Å²) in [6.07, 6.45) is 9.56. The summed E-state index contributed by atoms with van der Waals surface area (Å²) in [5.74, 6) is 0.871. The molecule has 2 aromatic rings. The average Bonchev–Trinajstić information content (AvgIpc) is 3.43. The summed E-state index contributed by atoms with van der Waals surface area (Å²) in [5.41, 5.74) is -0.0825. The Morgan fingerprint density at radius 2 is 2.11 bits per heavy atom. The van der Waals surface area contributed by atoms with Gasteiger partial charge in [-0.2, -0.15) is 0 Å². The van der Waals surface area contributed by atoms with Gasteiger partial charge in [0.1, 0.15) is 5.76 Å². The van der Waals surface area contributed by atoms with Crippen molar-refractivity contribution in [2.24, 2.45) is 11.3 Å². The van der Waals surface area contributed by atoms with Gasteiger partial charge in [-0.1, -0.05) is 12.8 Å². The van der Waals surface area contributed by atoms with Crippen molar-refractivity contribution in [3.63, 3.8) is 0 Å². The fourth-order valence-corrected chi connectivity index (χ4v) is 4.75. The third-order valence-electron chi connectivity index (χ3n) is 6.05. The van der Waals surface area contributed by atoms with Crippen molar-refractivity contribution in [1.29, 1.82) is 0 Å². The van der Waals surface area contributed by atoms with Gasteiger partial charge in [0.25, 0.3) is 5.91 Å². The van der Waals surface area contributed by atoms with Gasteiger partial charge in [-0.05, 0) is 38.8 Å². The molecule has 1 aliphatic carbocycles. The number of carbonyl (C=O) groups excluding carboxylic acids is 2. The quantitative estimate of drug-likeness (QED) is 0.859. The molecule has 1 saturated carbocycles. The molecule has 2 aromatic heterocycles. The van der Waals surface area contributed by atoms with E-state index in [4.69, 9.17) is 4.42 Å². The molecular weight excluding hydrogens is 356 g/mol. The van der Waals surface area contributed by atoms with Crippen molar-refractivity contribution >= 4 is 11.8 Å². The van der Waals surface area contributed by atoms with E-state index >= 15 is 0 Å². The second-order valence-corrected chi connectivity index (χ2v) is 8.47. The fourth-order valence-electron chi connectivity index (χ4n) is 4.75. The summed E-state index contributed by atoms with van der Waals surface area (Å²) in [5, 5.41) is 3.05. The number of amides is 2. The Kier molecular flexibility index (Phi) is 5.00. The molecule has 2 fully saturated rings. The number of furan rings is 1. The molecule has 1 atom stereocenters. The van der Waals surface area contributed by atoms with E-state index in [1.807, 2.05) is 35.6 Å². The lowest BCUT2D eigenvalue weighted by molar-refractivity contribution is -0.128. The number of hydrogen-bond donors (Lipinski definition) is 1. The van der Waals surface area contributed by atoms with Crippen LogP contribution in [0.4, 0.5) is 0 Å². The van der Waals surface area contributed by atoms with Crippen LogP contribution >= 0.6 is 0 Å². The van der Waals surface area contributed by atoms with Crippen LogP contribution in [0.15, 0.2) is 35.3 Å². The lowest BCUT2D eigenvalue weighted by Crippen LogP contribution is -2.42. The molecule has 1 aliphatic heterocycles. The average molecular weight is 384 g/mol. The largest absolute Gasteiger partial charge is 0.454 e. The smallest absolute Gasteiger partial charge is 0.289 e. The number of carbonyl (C=O) groups is 2. The Bertz CT molecular complexity index is 834. The zero-order valence-corrected chi connectivity index (χ0v) is 16.6. The van der Waals surface area contributed by atoms with Crippen molar-refractivity contribution in [3.05, 3.63) is 42.4 Å². The van der Waals surface area contributed by atoms with Gasteiger partial charge in [0, 0.05) is 36.9 Å². The maximum absolute atomic E-state index is 13.1. The van der Waals surface area contributed by atoms with E-state index in [2.05, 4.69) is 10.3 Å². The monoisotopic (exact) mass is 384 g/mol. The second kappa shape index (κ2) is 7.45. The molecule has 0 radical (unpaired) electrons. The van der Waals surface area contributed by atoms with E-state index < -0.39 is 0 Å². The summed E-state index contributed by atoms with van der Waals surface area (Å²) < 4.78 is 7.69. The first kappa shape index (κ1) is 18.8. The molecule has 1 unspecified atom stereocenters. The van der Waals surface area contributed by atoms with Crippen LogP contribution in [0.1, 0.15) is 55.8 Å². The molecule has 3 heterocycles. The molecule has 1 saturated heterocycles. The van der Waals surface area contributed by atoms with E-state index in [1.54, 1.807) is 18.6 Å². The van der Waals surface area contributed by atoms with Crippen molar-refractivity contribution < 1.29 is 14.0 Å². The molecule has 2 aliphatic rings. The molecule has 0 aromatic carbocycles. The van der Waals surface area contributed by atoms with Gasteiger partial charge in [0.2, 0.25) is 5.91 Å². The highest BCUT2D eigenvalue weighted by Crippen LogP contribution is 2.49. The van der Waals surface area contributed by atoms with E-state index in [9.17, 15) is 9.59 Å². The maximum atomic E-state index is 13.1. The lowest BCUT2D eigenvalue weighted by Gasteiger charge is -2.29. The van der Waals surface area contributed by atoms with Crippen molar-refractivity contribution in [3.8, 4) is 0 Å². The number of hydrogen-bond acceptors (Lipinski definition) is 4. The number of rotatable bonds is 5. The van der Waals surface area contributed by atoms with Gasteiger partial charge in [-0.25, -0.2) is 4.98 Å². The third-order valence-corrected chi connectivity index (χ3v) is 6.05. The van der Waals surface area contributed by atoms with Gasteiger partial charge in [0.15, 0.2) is 5.76 Å². The first-order valence-corrected chi connectivity index (χ1v) is 10.1. The minimum Gasteiger partial charge on any atom is -0.454 e. The van der Waals surface area contributed by atoms with Gasteiger partial charge >= 0.3 is 0 Å². The number of aromatic nitrogens is 2. The van der Waals surface area contributed by atoms with Crippen molar-refractivity contribution in [1.82, 2.24) is 19.8 Å². The number of imidazole rings is 1. The zero-order chi connectivity index (χ0) is 19.7. The molecule has 1 spiro atoms. The Labute approximate surface area is 165 Å². The Morgan fingerprint density at radius 3 is 2.79 bits per heavy atom. The highest BCUT2D eigenvalue weighted by molar-refractivity contribution is 5.93. The minimum atomic E-state index is -0.137. The molecule has 0 bridgehead atoms. The third kappa shape index (κ3) is 3.57.